The zero-order chi connectivity index (χ0) is 12.3. The van der Waals surface area contributed by atoms with Gasteiger partial charge in [0.1, 0.15) is 0 Å². The first-order chi connectivity index (χ1) is 8.19. The highest BCUT2D eigenvalue weighted by Crippen LogP contribution is 2.27. The molecule has 1 aromatic heterocycles. The molecule has 1 unspecified atom stereocenters. The van der Waals surface area contributed by atoms with Gasteiger partial charge in [0.2, 0.25) is 0 Å². The minimum absolute atomic E-state index is 0.158. The topological polar surface area (TPSA) is 20.2 Å². The Bertz CT molecular complexity index is 475. The highest BCUT2D eigenvalue weighted by atomic mass is 35.5. The van der Waals surface area contributed by atoms with Crippen molar-refractivity contribution in [2.24, 2.45) is 0 Å². The van der Waals surface area contributed by atoms with Crippen LogP contribution >= 0.6 is 22.9 Å². The molecule has 0 aliphatic carbocycles. The Morgan fingerprint density at radius 1 is 1.18 bits per heavy atom. The number of aliphatic hydroxyl groups excluding tert-OH is 1. The van der Waals surface area contributed by atoms with Gasteiger partial charge in [-0.3, -0.25) is 0 Å². The van der Waals surface area contributed by atoms with Crippen LogP contribution in [-0.2, 0) is 6.42 Å². The summed E-state index contributed by atoms with van der Waals surface area (Å²) < 4.78 is 0.806. The first kappa shape index (κ1) is 12.6. The van der Waals surface area contributed by atoms with E-state index in [9.17, 15) is 5.11 Å². The molecule has 1 atom stereocenters. The minimum Gasteiger partial charge on any atom is -0.396 e. The van der Waals surface area contributed by atoms with Crippen molar-refractivity contribution >= 4 is 22.9 Å². The molecule has 0 radical (unpaired) electrons. The molecule has 0 aliphatic heterocycles. The van der Waals surface area contributed by atoms with E-state index >= 15 is 0 Å². The molecule has 0 aliphatic rings. The van der Waals surface area contributed by atoms with Crippen LogP contribution in [0.2, 0.25) is 4.34 Å². The molecule has 90 valence electrons. The fraction of sp³-hybridized carbons (Fsp3) is 0.286. The molecule has 2 aromatic rings. The van der Waals surface area contributed by atoms with Gasteiger partial charge in [0.05, 0.1) is 10.9 Å². The van der Waals surface area contributed by atoms with Crippen LogP contribution in [0.1, 0.15) is 21.9 Å². The second-order valence-electron chi connectivity index (χ2n) is 4.20. The van der Waals surface area contributed by atoms with Crippen LogP contribution in [0.15, 0.2) is 36.4 Å². The van der Waals surface area contributed by atoms with Gasteiger partial charge in [-0.1, -0.05) is 41.4 Å². The Hall–Kier alpha value is -0.830. The number of rotatable bonds is 4. The van der Waals surface area contributed by atoms with Crippen molar-refractivity contribution in [3.8, 4) is 0 Å². The highest BCUT2D eigenvalue weighted by Gasteiger charge is 2.12. The number of hydrogen-bond donors (Lipinski definition) is 1. The number of thiophene rings is 1. The molecule has 1 N–H and O–H groups in total. The lowest BCUT2D eigenvalue weighted by atomic mass is 9.95. The smallest absolute Gasteiger partial charge is 0.0931 e. The molecule has 1 nitrogen and oxygen atoms in total. The number of benzene rings is 1. The van der Waals surface area contributed by atoms with Crippen molar-refractivity contribution in [3.63, 3.8) is 0 Å². The normalized spacial score (nSPS) is 12.6. The summed E-state index contributed by atoms with van der Waals surface area (Å²) in [6.07, 6.45) is 0.844. The lowest BCUT2D eigenvalue weighted by molar-refractivity contribution is 0.265. The average molecular weight is 267 g/mol. The molecule has 2 rings (SSSR count). The number of halogens is 1. The third-order valence-corrected chi connectivity index (χ3v) is 4.10. The summed E-state index contributed by atoms with van der Waals surface area (Å²) >= 11 is 7.49. The van der Waals surface area contributed by atoms with Crippen LogP contribution in [0.3, 0.4) is 0 Å². The first-order valence-corrected chi connectivity index (χ1v) is 6.80. The van der Waals surface area contributed by atoms with Gasteiger partial charge in [0.15, 0.2) is 0 Å². The van der Waals surface area contributed by atoms with E-state index in [1.807, 2.05) is 12.1 Å². The highest BCUT2D eigenvalue weighted by molar-refractivity contribution is 7.16. The molecule has 1 heterocycles. The van der Waals surface area contributed by atoms with E-state index in [2.05, 4.69) is 31.2 Å². The summed E-state index contributed by atoms with van der Waals surface area (Å²) in [6.45, 7) is 2.23. The molecule has 1 aromatic carbocycles. The van der Waals surface area contributed by atoms with Crippen LogP contribution in [0.4, 0.5) is 0 Å². The van der Waals surface area contributed by atoms with Crippen molar-refractivity contribution in [2.75, 3.05) is 6.61 Å². The molecule has 3 heteroatoms. The summed E-state index contributed by atoms with van der Waals surface area (Å²) in [6, 6.07) is 12.3. The van der Waals surface area contributed by atoms with Gasteiger partial charge in [-0.25, -0.2) is 0 Å². The first-order valence-electron chi connectivity index (χ1n) is 5.60. The van der Waals surface area contributed by atoms with Crippen LogP contribution in [0.25, 0.3) is 0 Å². The van der Waals surface area contributed by atoms with Gasteiger partial charge < -0.3 is 5.11 Å². The number of aryl methyl sites for hydroxylation is 1. The standard InChI is InChI=1S/C14H15ClOS/c1-10-2-4-11(5-3-10)12(9-16)8-13-6-7-14(15)17-13/h2-7,12,16H,8-9H2,1H3. The minimum atomic E-state index is 0.158. The monoisotopic (exact) mass is 266 g/mol. The molecule has 0 saturated carbocycles. The second kappa shape index (κ2) is 5.67. The number of hydrogen-bond acceptors (Lipinski definition) is 2. The summed E-state index contributed by atoms with van der Waals surface area (Å²) in [5.74, 6) is 0.158. The van der Waals surface area contributed by atoms with E-state index in [0.717, 1.165) is 10.8 Å². The molecule has 0 saturated heterocycles. The maximum absolute atomic E-state index is 9.49. The third-order valence-electron chi connectivity index (χ3n) is 2.85. The number of aliphatic hydroxyl groups is 1. The maximum atomic E-state index is 9.49. The second-order valence-corrected chi connectivity index (χ2v) is 6.00. The summed E-state index contributed by atoms with van der Waals surface area (Å²) in [5.41, 5.74) is 2.42. The zero-order valence-electron chi connectivity index (χ0n) is 9.69. The summed E-state index contributed by atoms with van der Waals surface area (Å²) in [4.78, 5) is 1.22. The van der Waals surface area contributed by atoms with Crippen LogP contribution in [0, 0.1) is 6.92 Å². The van der Waals surface area contributed by atoms with Gasteiger partial charge in [-0.15, -0.1) is 11.3 Å². The molecule has 0 amide bonds. The Morgan fingerprint density at radius 2 is 1.88 bits per heavy atom. The fourth-order valence-corrected chi connectivity index (χ4v) is 3.00. The predicted molar refractivity (Wildman–Crippen MR) is 74.0 cm³/mol. The van der Waals surface area contributed by atoms with Gasteiger partial charge in [-0.2, -0.15) is 0 Å². The average Bonchev–Trinajstić information content (AvgIpc) is 2.73. The van der Waals surface area contributed by atoms with Crippen molar-refractivity contribution in [1.82, 2.24) is 0 Å². The van der Waals surface area contributed by atoms with E-state index in [1.54, 1.807) is 11.3 Å². The Kier molecular flexibility index (Phi) is 4.21. The third kappa shape index (κ3) is 3.32. The Morgan fingerprint density at radius 3 is 2.41 bits per heavy atom. The van der Waals surface area contributed by atoms with Crippen molar-refractivity contribution < 1.29 is 5.11 Å². The van der Waals surface area contributed by atoms with Gasteiger partial charge in [-0.05, 0) is 31.0 Å². The zero-order valence-corrected chi connectivity index (χ0v) is 11.3. The van der Waals surface area contributed by atoms with Gasteiger partial charge in [0, 0.05) is 10.8 Å². The van der Waals surface area contributed by atoms with Crippen LogP contribution in [-0.4, -0.2) is 11.7 Å². The van der Waals surface area contributed by atoms with Crippen molar-refractivity contribution in [1.29, 1.82) is 0 Å². The largest absolute Gasteiger partial charge is 0.396 e. The van der Waals surface area contributed by atoms with E-state index in [-0.39, 0.29) is 12.5 Å². The summed E-state index contributed by atoms with van der Waals surface area (Å²) in [5, 5.41) is 9.49. The molecular weight excluding hydrogens is 252 g/mol. The lowest BCUT2D eigenvalue weighted by Crippen LogP contribution is -2.06. The predicted octanol–water partition coefficient (Wildman–Crippen LogP) is 4.03. The van der Waals surface area contributed by atoms with E-state index in [1.165, 1.54) is 16.0 Å². The SMILES string of the molecule is Cc1ccc(C(CO)Cc2ccc(Cl)s2)cc1. The van der Waals surface area contributed by atoms with Crippen molar-refractivity contribution in [2.45, 2.75) is 19.3 Å². The van der Waals surface area contributed by atoms with Crippen molar-refractivity contribution in [3.05, 3.63) is 56.7 Å². The van der Waals surface area contributed by atoms with Gasteiger partial charge >= 0.3 is 0 Å². The fourth-order valence-electron chi connectivity index (χ4n) is 1.83. The molecule has 0 bridgehead atoms. The Labute approximate surface area is 111 Å². The molecule has 0 fully saturated rings. The Balaban J connectivity index is 2.13. The van der Waals surface area contributed by atoms with E-state index in [4.69, 9.17) is 11.6 Å². The van der Waals surface area contributed by atoms with E-state index < -0.39 is 0 Å². The molecule has 0 spiro atoms. The quantitative estimate of drug-likeness (QED) is 0.886. The van der Waals surface area contributed by atoms with Crippen LogP contribution in [0.5, 0.6) is 0 Å². The summed E-state index contributed by atoms with van der Waals surface area (Å²) in [7, 11) is 0. The van der Waals surface area contributed by atoms with E-state index in [0.29, 0.717) is 0 Å². The molecule has 17 heavy (non-hydrogen) atoms. The van der Waals surface area contributed by atoms with Crippen LogP contribution < -0.4 is 0 Å². The maximum Gasteiger partial charge on any atom is 0.0931 e. The molecular formula is C14H15ClOS. The lowest BCUT2D eigenvalue weighted by Gasteiger charge is -2.13. The van der Waals surface area contributed by atoms with Gasteiger partial charge in [0.25, 0.3) is 0 Å².